The van der Waals surface area contributed by atoms with Crippen LogP contribution in [0.3, 0.4) is 0 Å². The van der Waals surface area contributed by atoms with Gasteiger partial charge in [0, 0.05) is 36.9 Å². The maximum Gasteiger partial charge on any atom is 0.165 e. The summed E-state index contributed by atoms with van der Waals surface area (Å²) in [7, 11) is 0. The van der Waals surface area contributed by atoms with Crippen molar-refractivity contribution in [1.29, 1.82) is 0 Å². The third kappa shape index (κ3) is 5.86. The lowest BCUT2D eigenvalue weighted by Gasteiger charge is -2.16. The van der Waals surface area contributed by atoms with Gasteiger partial charge in [0.2, 0.25) is 0 Å². The smallest absolute Gasteiger partial charge is 0.165 e. The number of hydrogen-bond acceptors (Lipinski definition) is 4. The second kappa shape index (κ2) is 13.8. The highest BCUT2D eigenvalue weighted by molar-refractivity contribution is 7.26. The summed E-state index contributed by atoms with van der Waals surface area (Å²) in [5.74, 6) is 1.94. The van der Waals surface area contributed by atoms with Crippen LogP contribution in [0.15, 0.2) is 200 Å². The number of benzene rings is 9. The molecule has 9 aromatic carbocycles. The van der Waals surface area contributed by atoms with Crippen molar-refractivity contribution in [3.05, 3.63) is 200 Å². The predicted octanol–water partition coefficient (Wildman–Crippen LogP) is 14.5. The van der Waals surface area contributed by atoms with E-state index in [0.29, 0.717) is 17.5 Å². The first-order valence-corrected chi connectivity index (χ1v) is 20.0. The van der Waals surface area contributed by atoms with Crippen LogP contribution in [0.4, 0.5) is 0 Å². The fourth-order valence-corrected chi connectivity index (χ4v) is 9.39. The average Bonchev–Trinajstić information content (AvgIpc) is 3.68. The lowest BCUT2D eigenvalue weighted by atomic mass is 9.90. The molecule has 0 saturated heterocycles. The van der Waals surface area contributed by atoms with E-state index in [4.69, 9.17) is 15.0 Å². The van der Waals surface area contributed by atoms with Crippen molar-refractivity contribution in [3.63, 3.8) is 0 Å². The van der Waals surface area contributed by atoms with Crippen LogP contribution in [0, 0.1) is 0 Å². The molecule has 0 aliphatic rings. The Balaban J connectivity index is 1.13. The van der Waals surface area contributed by atoms with Gasteiger partial charge < -0.3 is 0 Å². The Morgan fingerprint density at radius 3 is 1.67 bits per heavy atom. The van der Waals surface area contributed by atoms with E-state index >= 15 is 0 Å². The highest BCUT2D eigenvalue weighted by atomic mass is 32.1. The number of fused-ring (bicyclic) bond motifs is 5. The Hall–Kier alpha value is -7.27. The molecule has 0 amide bonds. The van der Waals surface area contributed by atoms with Crippen molar-refractivity contribution in [2.24, 2.45) is 0 Å². The molecule has 266 valence electrons. The van der Waals surface area contributed by atoms with Gasteiger partial charge in [-0.2, -0.15) is 0 Å². The molecule has 0 N–H and O–H groups in total. The number of hydrogen-bond donors (Lipinski definition) is 0. The fraction of sp³-hybridized carbons (Fsp3) is 0. The first kappa shape index (κ1) is 33.1. The maximum atomic E-state index is 5.42. The fourth-order valence-electron chi connectivity index (χ4n) is 8.18. The molecule has 0 aliphatic heterocycles. The Bertz CT molecular complexity index is 3290. The van der Waals surface area contributed by atoms with E-state index in [1.165, 1.54) is 42.1 Å². The summed E-state index contributed by atoms with van der Waals surface area (Å²) in [5.41, 5.74) is 9.83. The zero-order valence-electron chi connectivity index (χ0n) is 30.8. The van der Waals surface area contributed by atoms with E-state index in [-0.39, 0.29) is 0 Å². The third-order valence-corrected chi connectivity index (χ3v) is 12.2. The summed E-state index contributed by atoms with van der Waals surface area (Å²) in [6.45, 7) is 0. The van der Waals surface area contributed by atoms with Crippen molar-refractivity contribution >= 4 is 53.1 Å². The van der Waals surface area contributed by atoms with Crippen molar-refractivity contribution in [2.75, 3.05) is 0 Å². The van der Waals surface area contributed by atoms with E-state index in [1.807, 2.05) is 0 Å². The van der Waals surface area contributed by atoms with E-state index in [0.717, 1.165) is 49.7 Å². The molecular formula is C53H33N3S. The molecule has 0 unspecified atom stereocenters. The third-order valence-electron chi connectivity index (χ3n) is 11.0. The first-order chi connectivity index (χ1) is 28.2. The summed E-state index contributed by atoms with van der Waals surface area (Å²) in [6, 6.07) is 71.0. The molecule has 0 saturated carbocycles. The lowest BCUT2D eigenvalue weighted by Crippen LogP contribution is -2.02. The Morgan fingerprint density at radius 2 is 0.842 bits per heavy atom. The van der Waals surface area contributed by atoms with Gasteiger partial charge in [0.05, 0.1) is 0 Å². The largest absolute Gasteiger partial charge is 0.208 e. The van der Waals surface area contributed by atoms with E-state index in [1.54, 1.807) is 11.3 Å². The van der Waals surface area contributed by atoms with E-state index in [2.05, 4.69) is 200 Å². The van der Waals surface area contributed by atoms with Gasteiger partial charge in [-0.3, -0.25) is 0 Å². The molecule has 0 atom stereocenters. The molecule has 4 heteroatoms. The second-order valence-electron chi connectivity index (χ2n) is 14.3. The molecule has 2 aromatic heterocycles. The summed E-state index contributed by atoms with van der Waals surface area (Å²) in [6.07, 6.45) is 0. The van der Waals surface area contributed by atoms with Crippen molar-refractivity contribution in [1.82, 2.24) is 15.0 Å². The molecule has 0 bridgehead atoms. The predicted molar refractivity (Wildman–Crippen MR) is 240 cm³/mol. The Morgan fingerprint density at radius 1 is 0.298 bits per heavy atom. The second-order valence-corrected chi connectivity index (χ2v) is 15.4. The maximum absolute atomic E-state index is 5.42. The number of aromatic nitrogens is 3. The average molecular weight is 744 g/mol. The summed E-state index contributed by atoms with van der Waals surface area (Å²) in [5, 5.41) is 7.06. The van der Waals surface area contributed by atoms with Crippen molar-refractivity contribution in [2.45, 2.75) is 0 Å². The Kier molecular flexibility index (Phi) is 8.01. The minimum Gasteiger partial charge on any atom is -0.208 e. The monoisotopic (exact) mass is 743 g/mol. The van der Waals surface area contributed by atoms with Gasteiger partial charge in [-0.25, -0.2) is 15.0 Å². The molecular weight excluding hydrogens is 711 g/mol. The van der Waals surface area contributed by atoms with Gasteiger partial charge in [-0.05, 0) is 73.1 Å². The molecule has 2 heterocycles. The van der Waals surface area contributed by atoms with Crippen LogP contribution in [0.5, 0.6) is 0 Å². The summed E-state index contributed by atoms with van der Waals surface area (Å²) < 4.78 is 2.41. The summed E-state index contributed by atoms with van der Waals surface area (Å²) >= 11 is 1.79. The van der Waals surface area contributed by atoms with E-state index < -0.39 is 0 Å². The van der Waals surface area contributed by atoms with Crippen LogP contribution in [-0.4, -0.2) is 15.0 Å². The van der Waals surface area contributed by atoms with Gasteiger partial charge in [-0.15, -0.1) is 11.3 Å². The molecule has 57 heavy (non-hydrogen) atoms. The molecule has 3 nitrogen and oxygen atoms in total. The van der Waals surface area contributed by atoms with Gasteiger partial charge in [0.15, 0.2) is 17.5 Å². The lowest BCUT2D eigenvalue weighted by molar-refractivity contribution is 1.08. The number of thiophene rings is 1. The highest BCUT2D eigenvalue weighted by Gasteiger charge is 2.21. The van der Waals surface area contributed by atoms with Crippen molar-refractivity contribution < 1.29 is 0 Å². The van der Waals surface area contributed by atoms with Gasteiger partial charge in [0.25, 0.3) is 0 Å². The van der Waals surface area contributed by atoms with Gasteiger partial charge >= 0.3 is 0 Å². The molecule has 0 aliphatic carbocycles. The zero-order chi connectivity index (χ0) is 37.7. The zero-order valence-corrected chi connectivity index (χ0v) is 31.6. The van der Waals surface area contributed by atoms with Crippen LogP contribution in [0.1, 0.15) is 0 Å². The number of nitrogens with zero attached hydrogens (tertiary/aromatic N) is 3. The van der Waals surface area contributed by atoms with Gasteiger partial charge in [0.1, 0.15) is 0 Å². The van der Waals surface area contributed by atoms with Crippen LogP contribution >= 0.6 is 11.3 Å². The van der Waals surface area contributed by atoms with Crippen LogP contribution in [0.25, 0.3) is 109 Å². The molecule has 11 aromatic rings. The van der Waals surface area contributed by atoms with Crippen LogP contribution < -0.4 is 0 Å². The topological polar surface area (TPSA) is 38.7 Å². The molecule has 11 rings (SSSR count). The molecule has 0 radical (unpaired) electrons. The SMILES string of the molecule is c1ccc(-c2cccc(-c3ccc(-c4nc(-c5c(-c6cccc7ccccc67)ccc6ccccc56)nc(-c5cccc6c5sc5ccccc56)n4)cc3)c2)cc1. The normalized spacial score (nSPS) is 11.5. The standard InChI is InChI=1S/C53H33N3S/c1-2-13-34(14-3-1)39-18-10-19-40(33-39)35-27-29-38(30-28-35)51-54-52(47-25-12-24-46-44-22-8-9-26-48(44)57-50(46)47)56-53(55-51)49-42-21-7-5-16-37(42)31-32-45(49)43-23-11-17-36-15-4-6-20-41(36)43/h1-33H. The molecule has 0 fully saturated rings. The van der Waals surface area contributed by atoms with Crippen LogP contribution in [-0.2, 0) is 0 Å². The summed E-state index contributed by atoms with van der Waals surface area (Å²) in [4.78, 5) is 16.1. The molecule has 0 spiro atoms. The van der Waals surface area contributed by atoms with Crippen LogP contribution in [0.2, 0.25) is 0 Å². The van der Waals surface area contributed by atoms with Gasteiger partial charge in [-0.1, -0.05) is 182 Å². The van der Waals surface area contributed by atoms with Crippen molar-refractivity contribution in [3.8, 4) is 67.5 Å². The Labute approximate surface area is 334 Å². The first-order valence-electron chi connectivity index (χ1n) is 19.2. The minimum atomic E-state index is 0.634. The number of rotatable bonds is 6. The quantitative estimate of drug-likeness (QED) is 0.170. The minimum absolute atomic E-state index is 0.634. The van der Waals surface area contributed by atoms with E-state index in [9.17, 15) is 0 Å². The highest BCUT2D eigenvalue weighted by Crippen LogP contribution is 2.43.